The van der Waals surface area contributed by atoms with E-state index in [0.717, 1.165) is 47.4 Å². The van der Waals surface area contributed by atoms with Gasteiger partial charge >= 0.3 is 0 Å². The van der Waals surface area contributed by atoms with Crippen LogP contribution in [0.1, 0.15) is 18.4 Å². The Kier molecular flexibility index (Phi) is 6.73. The number of rotatable bonds is 5. The summed E-state index contributed by atoms with van der Waals surface area (Å²) in [6, 6.07) is 16.7. The van der Waals surface area contributed by atoms with Gasteiger partial charge < -0.3 is 15.0 Å². The molecule has 3 heterocycles. The number of carbonyl (C=O) groups excluding carboxylic acids is 1. The monoisotopic (exact) mass is 494 g/mol. The molecule has 1 amide bonds. The van der Waals surface area contributed by atoms with Gasteiger partial charge in [-0.15, -0.1) is 0 Å². The first-order chi connectivity index (χ1) is 16.9. The lowest BCUT2D eigenvalue weighted by atomic mass is 9.97. The Morgan fingerprint density at radius 2 is 1.89 bits per heavy atom. The predicted octanol–water partition coefficient (Wildman–Crippen LogP) is 3.42. The Morgan fingerprint density at radius 1 is 1.06 bits per heavy atom. The van der Waals surface area contributed by atoms with Crippen molar-refractivity contribution < 1.29 is 17.9 Å². The fourth-order valence-corrected chi connectivity index (χ4v) is 6.18. The highest BCUT2D eigenvalue weighted by Gasteiger charge is 2.28. The number of nitrogens with one attached hydrogen (secondary N) is 1. The summed E-state index contributed by atoms with van der Waals surface area (Å²) in [4.78, 5) is 20.1. The zero-order chi connectivity index (χ0) is 24.4. The maximum atomic E-state index is 13.0. The van der Waals surface area contributed by atoms with Crippen LogP contribution in [0.3, 0.4) is 0 Å². The van der Waals surface area contributed by atoms with Crippen molar-refractivity contribution in [2.24, 2.45) is 5.92 Å². The lowest BCUT2D eigenvalue weighted by Gasteiger charge is -2.33. The number of ether oxygens (including phenoxy) is 1. The van der Waals surface area contributed by atoms with Crippen LogP contribution in [0.5, 0.6) is 0 Å². The van der Waals surface area contributed by atoms with Gasteiger partial charge in [-0.1, -0.05) is 12.1 Å². The van der Waals surface area contributed by atoms with Gasteiger partial charge in [0.15, 0.2) is 0 Å². The molecule has 184 valence electrons. The zero-order valence-electron chi connectivity index (χ0n) is 19.8. The van der Waals surface area contributed by atoms with E-state index in [0.29, 0.717) is 32.8 Å². The Balaban J connectivity index is 1.31. The predicted molar refractivity (Wildman–Crippen MR) is 136 cm³/mol. The highest BCUT2D eigenvalue weighted by Crippen LogP contribution is 2.27. The summed E-state index contributed by atoms with van der Waals surface area (Å²) in [5.41, 5.74) is 2.66. The minimum absolute atomic E-state index is 0.0269. The van der Waals surface area contributed by atoms with Crippen LogP contribution in [0.15, 0.2) is 59.5 Å². The van der Waals surface area contributed by atoms with Crippen molar-refractivity contribution in [3.63, 3.8) is 0 Å². The second-order valence-electron chi connectivity index (χ2n) is 9.18. The van der Waals surface area contributed by atoms with E-state index >= 15 is 0 Å². The maximum Gasteiger partial charge on any atom is 0.243 e. The van der Waals surface area contributed by atoms with Crippen LogP contribution in [-0.4, -0.2) is 63.0 Å². The number of nitrogens with zero attached hydrogens (tertiary/aromatic N) is 3. The molecule has 3 aromatic rings. The normalized spacial score (nSPS) is 19.6. The number of benzene rings is 2. The minimum atomic E-state index is -3.56. The lowest BCUT2D eigenvalue weighted by molar-refractivity contribution is -0.120. The van der Waals surface area contributed by atoms with Crippen molar-refractivity contribution in [3.8, 4) is 0 Å². The van der Waals surface area contributed by atoms with E-state index in [1.165, 1.54) is 4.31 Å². The van der Waals surface area contributed by atoms with Crippen LogP contribution in [0.2, 0.25) is 0 Å². The highest BCUT2D eigenvalue weighted by atomic mass is 32.2. The van der Waals surface area contributed by atoms with E-state index in [2.05, 4.69) is 10.2 Å². The minimum Gasteiger partial charge on any atom is -0.379 e. The number of piperidine rings is 1. The summed E-state index contributed by atoms with van der Waals surface area (Å²) in [5.74, 6) is 0.705. The highest BCUT2D eigenvalue weighted by molar-refractivity contribution is 7.89. The quantitative estimate of drug-likeness (QED) is 0.584. The molecule has 9 heteroatoms. The third-order valence-electron chi connectivity index (χ3n) is 6.66. The first-order valence-electron chi connectivity index (χ1n) is 12.0. The molecule has 0 aliphatic carbocycles. The van der Waals surface area contributed by atoms with E-state index in [1.54, 1.807) is 18.2 Å². The Hall–Kier alpha value is -3.01. The van der Waals surface area contributed by atoms with E-state index in [9.17, 15) is 13.2 Å². The Morgan fingerprint density at radius 3 is 2.69 bits per heavy atom. The molecule has 0 unspecified atom stereocenters. The molecule has 0 saturated carbocycles. The van der Waals surface area contributed by atoms with Crippen LogP contribution in [0.25, 0.3) is 10.9 Å². The number of anilines is 2. The second-order valence-corrected chi connectivity index (χ2v) is 11.1. The summed E-state index contributed by atoms with van der Waals surface area (Å²) in [7, 11) is -3.56. The molecule has 0 bridgehead atoms. The van der Waals surface area contributed by atoms with Crippen molar-refractivity contribution in [1.29, 1.82) is 0 Å². The number of morpholine rings is 1. The molecule has 2 saturated heterocycles. The standard InChI is InChI=1S/C26H30N4O4S/c1-19-4-2-6-22(16-19)27-26(31)21-5-3-11-29(18-21)25-10-7-20-17-23(8-9-24(20)28-25)35(32,33)30-12-14-34-15-13-30/h2,4,6-10,16-17,21H,3,5,11-15,18H2,1H3,(H,27,31)/t21-/m1/s1. The molecule has 1 N–H and O–H groups in total. The molecule has 5 rings (SSSR count). The third-order valence-corrected chi connectivity index (χ3v) is 8.55. The largest absolute Gasteiger partial charge is 0.379 e. The number of amides is 1. The van der Waals surface area contributed by atoms with Crippen molar-refractivity contribution >= 4 is 38.3 Å². The molecular weight excluding hydrogens is 464 g/mol. The Labute approximate surface area is 205 Å². The van der Waals surface area contributed by atoms with E-state index in [1.807, 2.05) is 43.3 Å². The van der Waals surface area contributed by atoms with Crippen LogP contribution < -0.4 is 10.2 Å². The summed E-state index contributed by atoms with van der Waals surface area (Å²) in [5, 5.41) is 3.82. The molecule has 35 heavy (non-hydrogen) atoms. The van der Waals surface area contributed by atoms with E-state index < -0.39 is 10.0 Å². The van der Waals surface area contributed by atoms with E-state index in [-0.39, 0.29) is 16.7 Å². The molecule has 1 aromatic heterocycles. The number of aromatic nitrogens is 1. The maximum absolute atomic E-state index is 13.0. The number of fused-ring (bicyclic) bond motifs is 1. The molecule has 2 fully saturated rings. The fourth-order valence-electron chi connectivity index (χ4n) is 4.73. The summed E-state index contributed by atoms with van der Waals surface area (Å²) in [6.45, 7) is 4.99. The van der Waals surface area contributed by atoms with Crippen LogP contribution in [-0.2, 0) is 19.6 Å². The van der Waals surface area contributed by atoms with Crippen LogP contribution >= 0.6 is 0 Å². The number of aryl methyl sites for hydroxylation is 1. The molecule has 0 spiro atoms. The first-order valence-corrected chi connectivity index (χ1v) is 13.5. The smallest absolute Gasteiger partial charge is 0.243 e. The molecule has 0 radical (unpaired) electrons. The second kappa shape index (κ2) is 9.93. The number of sulfonamides is 1. The van der Waals surface area contributed by atoms with Gasteiger partial charge in [0.25, 0.3) is 0 Å². The van der Waals surface area contributed by atoms with Gasteiger partial charge in [0.2, 0.25) is 15.9 Å². The molecule has 2 aliphatic rings. The van der Waals surface area contributed by atoms with Gasteiger partial charge in [-0.05, 0) is 67.8 Å². The van der Waals surface area contributed by atoms with Crippen molar-refractivity contribution in [2.75, 3.05) is 49.6 Å². The summed E-state index contributed by atoms with van der Waals surface area (Å²) >= 11 is 0. The van der Waals surface area contributed by atoms with E-state index in [4.69, 9.17) is 9.72 Å². The molecule has 1 atom stereocenters. The van der Waals surface area contributed by atoms with Gasteiger partial charge in [0, 0.05) is 37.3 Å². The number of hydrogen-bond acceptors (Lipinski definition) is 6. The van der Waals surface area contributed by atoms with Crippen molar-refractivity contribution in [2.45, 2.75) is 24.7 Å². The number of pyridine rings is 1. The van der Waals surface area contributed by atoms with Gasteiger partial charge in [-0.2, -0.15) is 4.31 Å². The van der Waals surface area contributed by atoms with Crippen LogP contribution in [0, 0.1) is 12.8 Å². The Bertz CT molecular complexity index is 1340. The van der Waals surface area contributed by atoms with Crippen LogP contribution in [0.4, 0.5) is 11.5 Å². The fraction of sp³-hybridized carbons (Fsp3) is 0.385. The third kappa shape index (κ3) is 5.17. The SMILES string of the molecule is Cc1cccc(NC(=O)[C@@H]2CCCN(c3ccc4cc(S(=O)(=O)N5CCOCC5)ccc4n3)C2)c1. The molecular formula is C26H30N4O4S. The zero-order valence-corrected chi connectivity index (χ0v) is 20.6. The molecule has 2 aliphatic heterocycles. The molecule has 8 nitrogen and oxygen atoms in total. The topological polar surface area (TPSA) is 91.8 Å². The average molecular weight is 495 g/mol. The van der Waals surface area contributed by atoms with Gasteiger partial charge in [-0.3, -0.25) is 4.79 Å². The molecule has 2 aromatic carbocycles. The lowest BCUT2D eigenvalue weighted by Crippen LogP contribution is -2.41. The summed E-state index contributed by atoms with van der Waals surface area (Å²) in [6.07, 6.45) is 1.74. The average Bonchev–Trinajstić information content (AvgIpc) is 2.88. The summed E-state index contributed by atoms with van der Waals surface area (Å²) < 4.78 is 32.7. The van der Waals surface area contributed by atoms with Crippen molar-refractivity contribution in [3.05, 3.63) is 60.2 Å². The number of carbonyl (C=O) groups is 1. The van der Waals surface area contributed by atoms with Gasteiger partial charge in [0.1, 0.15) is 5.82 Å². The van der Waals surface area contributed by atoms with Gasteiger partial charge in [-0.25, -0.2) is 13.4 Å². The van der Waals surface area contributed by atoms with Gasteiger partial charge in [0.05, 0.1) is 29.5 Å². The number of hydrogen-bond donors (Lipinski definition) is 1. The van der Waals surface area contributed by atoms with Crippen molar-refractivity contribution in [1.82, 2.24) is 9.29 Å². The first kappa shape index (κ1) is 23.7.